The van der Waals surface area contributed by atoms with Crippen molar-refractivity contribution in [3.8, 4) is 0 Å². The summed E-state index contributed by atoms with van der Waals surface area (Å²) < 4.78 is 0.912. The number of nitrogens with zero attached hydrogens (tertiary/aromatic N) is 4. The van der Waals surface area contributed by atoms with E-state index in [0.717, 1.165) is 10.8 Å². The Kier molecular flexibility index (Phi) is 2.52. The summed E-state index contributed by atoms with van der Waals surface area (Å²) in [5.74, 6) is -0.802. The lowest BCUT2D eigenvalue weighted by Gasteiger charge is -1.95. The maximum atomic E-state index is 11.5. The van der Waals surface area contributed by atoms with Gasteiger partial charge in [0.2, 0.25) is 0 Å². The van der Waals surface area contributed by atoms with Crippen LogP contribution in [0.4, 0.5) is 4.79 Å². The highest BCUT2D eigenvalue weighted by atomic mass is 16.4. The van der Waals surface area contributed by atoms with E-state index in [4.69, 9.17) is 10.6 Å². The number of carboxylic acid groups (broad SMARTS) is 1. The van der Waals surface area contributed by atoms with Crippen LogP contribution in [0.25, 0.3) is 21.3 Å². The van der Waals surface area contributed by atoms with E-state index >= 15 is 0 Å². The smallest absolute Gasteiger partial charge is 0.416 e. The zero-order valence-corrected chi connectivity index (χ0v) is 8.44. The fraction of sp³-hybridized carbons (Fsp3) is 0. The van der Waals surface area contributed by atoms with Crippen LogP contribution in [0.1, 0.15) is 10.4 Å². The van der Waals surface area contributed by atoms with Gasteiger partial charge in [0.25, 0.3) is 5.91 Å². The van der Waals surface area contributed by atoms with Gasteiger partial charge in [0.15, 0.2) is 0 Å². The number of carbonyl (C=O) groups is 2. The van der Waals surface area contributed by atoms with Gasteiger partial charge in [-0.25, -0.2) is 4.79 Å². The number of carbonyl (C=O) groups excluding carboxylic acids is 1. The van der Waals surface area contributed by atoms with Crippen LogP contribution in [-0.2, 0) is 0 Å². The molecule has 0 spiro atoms. The van der Waals surface area contributed by atoms with Crippen molar-refractivity contribution < 1.29 is 14.7 Å². The third-order valence-corrected chi connectivity index (χ3v) is 2.28. The first-order valence-corrected chi connectivity index (χ1v) is 4.58. The number of hydrogen-bond donors (Lipinski definition) is 1. The number of rotatable bonds is 1. The molecule has 0 unspecified atom stereocenters. The van der Waals surface area contributed by atoms with Crippen molar-refractivity contribution in [2.75, 3.05) is 0 Å². The lowest BCUT2D eigenvalue weighted by atomic mass is 10.2. The number of para-hydroxylation sites is 1. The van der Waals surface area contributed by atoms with E-state index in [1.54, 1.807) is 24.3 Å². The third-order valence-electron chi connectivity index (χ3n) is 2.28. The Morgan fingerprint density at radius 2 is 2.06 bits per heavy atom. The van der Waals surface area contributed by atoms with Gasteiger partial charge in [-0.15, -0.1) is 0 Å². The first-order chi connectivity index (χ1) is 8.15. The molecule has 2 aromatic rings. The first kappa shape index (κ1) is 10.7. The summed E-state index contributed by atoms with van der Waals surface area (Å²) in [6.07, 6.45) is -0.0644. The van der Waals surface area contributed by atoms with E-state index < -0.39 is 12.0 Å². The van der Waals surface area contributed by atoms with Crippen molar-refractivity contribution in [2.24, 2.45) is 5.11 Å². The first-order valence-electron chi connectivity index (χ1n) is 4.58. The van der Waals surface area contributed by atoms with Crippen LogP contribution >= 0.6 is 0 Å². The van der Waals surface area contributed by atoms with Crippen LogP contribution in [0.5, 0.6) is 0 Å². The van der Waals surface area contributed by atoms with Gasteiger partial charge in [0.1, 0.15) is 0 Å². The second-order valence-corrected chi connectivity index (χ2v) is 3.21. The van der Waals surface area contributed by atoms with Gasteiger partial charge >= 0.3 is 6.09 Å². The van der Waals surface area contributed by atoms with E-state index in [0.29, 0.717) is 10.9 Å². The normalized spacial score (nSPS) is 9.88. The molecule has 1 N–H and O–H groups in total. The largest absolute Gasteiger partial charge is 0.464 e. The van der Waals surface area contributed by atoms with E-state index in [9.17, 15) is 9.59 Å². The van der Waals surface area contributed by atoms with Gasteiger partial charge in [-0.1, -0.05) is 18.2 Å². The van der Waals surface area contributed by atoms with Gasteiger partial charge in [-0.05, 0) is 16.7 Å². The molecular formula is C10H6N4O3. The van der Waals surface area contributed by atoms with Gasteiger partial charge in [0.05, 0.1) is 11.1 Å². The van der Waals surface area contributed by atoms with Gasteiger partial charge in [0, 0.05) is 16.5 Å². The average molecular weight is 230 g/mol. The Balaban J connectivity index is 2.77. The summed E-state index contributed by atoms with van der Waals surface area (Å²) in [6, 6.07) is 6.48. The highest BCUT2D eigenvalue weighted by Crippen LogP contribution is 2.21. The summed E-state index contributed by atoms with van der Waals surface area (Å²) in [6.45, 7) is 0. The van der Waals surface area contributed by atoms with E-state index in [1.165, 1.54) is 0 Å². The van der Waals surface area contributed by atoms with Crippen molar-refractivity contribution in [1.82, 2.24) is 4.57 Å². The molecule has 1 amide bonds. The van der Waals surface area contributed by atoms with Crippen molar-refractivity contribution in [3.63, 3.8) is 0 Å². The number of azide groups is 1. The third kappa shape index (κ3) is 1.70. The molecule has 7 nitrogen and oxygen atoms in total. The SMILES string of the molecule is [N-]=[N+]=NC(=O)c1cn(C(=O)O)c2ccccc12. The Morgan fingerprint density at radius 1 is 1.35 bits per heavy atom. The molecule has 0 bridgehead atoms. The van der Waals surface area contributed by atoms with Crippen LogP contribution in [0.3, 0.4) is 0 Å². The highest BCUT2D eigenvalue weighted by molar-refractivity contribution is 6.09. The molecule has 7 heteroatoms. The Labute approximate surface area is 94.5 Å². The van der Waals surface area contributed by atoms with Crippen LogP contribution < -0.4 is 0 Å². The van der Waals surface area contributed by atoms with Crippen LogP contribution in [-0.4, -0.2) is 21.7 Å². The van der Waals surface area contributed by atoms with Crippen molar-refractivity contribution in [2.45, 2.75) is 0 Å². The number of amides is 1. The van der Waals surface area contributed by atoms with Crippen molar-refractivity contribution in [1.29, 1.82) is 0 Å². The fourth-order valence-electron chi connectivity index (χ4n) is 1.60. The molecule has 17 heavy (non-hydrogen) atoms. The molecular weight excluding hydrogens is 224 g/mol. The molecule has 2 rings (SSSR count). The van der Waals surface area contributed by atoms with Gasteiger partial charge in [-0.2, -0.15) is 0 Å². The van der Waals surface area contributed by atoms with Gasteiger partial charge in [-0.3, -0.25) is 9.36 Å². The Hall–Kier alpha value is -2.79. The van der Waals surface area contributed by atoms with Crippen LogP contribution in [0.15, 0.2) is 35.6 Å². The molecule has 1 aromatic heterocycles. The summed E-state index contributed by atoms with van der Waals surface area (Å²) in [5.41, 5.74) is 8.64. The summed E-state index contributed by atoms with van der Waals surface area (Å²) in [5, 5.41) is 12.3. The number of hydrogen-bond acceptors (Lipinski definition) is 2. The lowest BCUT2D eigenvalue weighted by Crippen LogP contribution is -2.05. The minimum absolute atomic E-state index is 0.0702. The standard InChI is InChI=1S/C10H6N4O3/c11-13-12-9(15)7-5-14(10(16)17)8-4-2-1-3-6(7)8/h1-5H,(H,16,17). The zero-order valence-electron chi connectivity index (χ0n) is 8.44. The van der Waals surface area contributed by atoms with Crippen LogP contribution in [0.2, 0.25) is 0 Å². The van der Waals surface area contributed by atoms with E-state index in [-0.39, 0.29) is 5.56 Å². The molecule has 84 valence electrons. The summed E-state index contributed by atoms with van der Waals surface area (Å²) in [4.78, 5) is 24.8. The van der Waals surface area contributed by atoms with Gasteiger partial charge < -0.3 is 5.11 Å². The molecule has 0 fully saturated rings. The number of benzene rings is 1. The topological polar surface area (TPSA) is 108 Å². The average Bonchev–Trinajstić information content (AvgIpc) is 2.69. The van der Waals surface area contributed by atoms with Crippen molar-refractivity contribution in [3.05, 3.63) is 46.5 Å². The van der Waals surface area contributed by atoms with Crippen molar-refractivity contribution >= 4 is 22.9 Å². The molecule has 0 saturated heterocycles. The maximum absolute atomic E-state index is 11.5. The number of aromatic nitrogens is 1. The summed E-state index contributed by atoms with van der Waals surface area (Å²) in [7, 11) is 0. The molecule has 0 aliphatic carbocycles. The second-order valence-electron chi connectivity index (χ2n) is 3.21. The molecule has 0 aliphatic rings. The molecule has 0 saturated carbocycles. The predicted molar refractivity (Wildman–Crippen MR) is 58.8 cm³/mol. The maximum Gasteiger partial charge on any atom is 0.416 e. The molecule has 0 radical (unpaired) electrons. The molecule has 0 aliphatic heterocycles. The predicted octanol–water partition coefficient (Wildman–Crippen LogP) is 2.62. The van der Waals surface area contributed by atoms with E-state index in [1.807, 2.05) is 0 Å². The molecule has 0 atom stereocenters. The minimum Gasteiger partial charge on any atom is -0.464 e. The van der Waals surface area contributed by atoms with E-state index in [2.05, 4.69) is 10.0 Å². The lowest BCUT2D eigenvalue weighted by molar-refractivity contribution is 0.100. The summed E-state index contributed by atoms with van der Waals surface area (Å²) >= 11 is 0. The zero-order chi connectivity index (χ0) is 12.4. The number of fused-ring (bicyclic) bond motifs is 1. The minimum atomic E-state index is -1.21. The Morgan fingerprint density at radius 3 is 2.71 bits per heavy atom. The highest BCUT2D eigenvalue weighted by Gasteiger charge is 2.16. The Bertz CT molecular complexity index is 667. The monoisotopic (exact) mass is 230 g/mol. The van der Waals surface area contributed by atoms with Crippen LogP contribution in [0, 0.1) is 0 Å². The second kappa shape index (κ2) is 3.99. The quantitative estimate of drug-likeness (QED) is 0.462. The fourth-order valence-corrected chi connectivity index (χ4v) is 1.60. The molecule has 1 aromatic carbocycles. The molecule has 1 heterocycles.